The van der Waals surface area contributed by atoms with Crippen molar-refractivity contribution in [2.75, 3.05) is 0 Å². The number of rotatable bonds is 4. The molecule has 0 saturated heterocycles. The second-order valence-corrected chi connectivity index (χ2v) is 5.72. The van der Waals surface area contributed by atoms with Gasteiger partial charge in [-0.2, -0.15) is 10.1 Å². The maximum absolute atomic E-state index is 10.3. The van der Waals surface area contributed by atoms with E-state index in [1.165, 1.54) is 0 Å². The third-order valence-corrected chi connectivity index (χ3v) is 4.24. The van der Waals surface area contributed by atoms with E-state index in [1.807, 2.05) is 17.8 Å². The van der Waals surface area contributed by atoms with E-state index in [4.69, 9.17) is 11.6 Å². The zero-order chi connectivity index (χ0) is 15.9. The third-order valence-electron chi connectivity index (χ3n) is 3.95. The highest BCUT2D eigenvalue weighted by atomic mass is 35.5. The number of imidazole rings is 1. The van der Waals surface area contributed by atoms with Crippen molar-refractivity contribution in [1.29, 1.82) is 0 Å². The number of hydrogen-bond acceptors (Lipinski definition) is 4. The molecular weight excluding hydrogens is 302 g/mol. The molecule has 116 valence electrons. The van der Waals surface area contributed by atoms with Gasteiger partial charge in [0.25, 0.3) is 6.01 Å². The van der Waals surface area contributed by atoms with E-state index in [0.717, 1.165) is 29.5 Å². The molecule has 3 heterocycles. The van der Waals surface area contributed by atoms with E-state index in [-0.39, 0.29) is 12.1 Å². The molecular formula is C15H18ClN5O. The van der Waals surface area contributed by atoms with Gasteiger partial charge in [-0.05, 0) is 12.8 Å². The largest absolute Gasteiger partial charge is 0.480 e. The predicted octanol–water partition coefficient (Wildman–Crippen LogP) is 3.55. The van der Waals surface area contributed by atoms with Crippen LogP contribution in [0.15, 0.2) is 18.6 Å². The standard InChI is InChI=1S/C15H18ClN5O/c1-4-10(5-2)21-13-12(9-6-18-20(3)8-9)11(16)7-17-14(13)19-15(21)22/h6-8,10H,4-5H2,1-3H3,(H,17,19,22). The monoisotopic (exact) mass is 319 g/mol. The second kappa shape index (κ2) is 5.61. The van der Waals surface area contributed by atoms with Crippen LogP contribution in [0.4, 0.5) is 0 Å². The summed E-state index contributed by atoms with van der Waals surface area (Å²) in [6, 6.07) is 0.115. The first-order chi connectivity index (χ1) is 10.6. The third kappa shape index (κ3) is 2.23. The molecule has 0 amide bonds. The lowest BCUT2D eigenvalue weighted by molar-refractivity contribution is 0.362. The van der Waals surface area contributed by atoms with Crippen LogP contribution in [-0.2, 0) is 7.05 Å². The van der Waals surface area contributed by atoms with Gasteiger partial charge in [-0.25, -0.2) is 4.98 Å². The summed E-state index contributed by atoms with van der Waals surface area (Å²) in [7, 11) is 1.85. The fraction of sp³-hybridized carbons (Fsp3) is 0.400. The van der Waals surface area contributed by atoms with Crippen LogP contribution in [0, 0.1) is 0 Å². The smallest absolute Gasteiger partial charge is 0.296 e. The lowest BCUT2D eigenvalue weighted by atomic mass is 10.1. The Kier molecular flexibility index (Phi) is 3.78. The average Bonchev–Trinajstić information content (AvgIpc) is 3.05. The summed E-state index contributed by atoms with van der Waals surface area (Å²) in [6.45, 7) is 4.17. The van der Waals surface area contributed by atoms with Gasteiger partial charge in [0.15, 0.2) is 5.65 Å². The van der Waals surface area contributed by atoms with Crippen molar-refractivity contribution in [2.45, 2.75) is 32.7 Å². The molecule has 6 nitrogen and oxygen atoms in total. The SMILES string of the molecule is CCC(CC)n1c(O)nc2ncc(Cl)c(-c3cnn(C)c3)c21. The molecule has 0 aliphatic heterocycles. The lowest BCUT2D eigenvalue weighted by Crippen LogP contribution is -2.07. The number of fused-ring (bicyclic) bond motifs is 1. The summed E-state index contributed by atoms with van der Waals surface area (Å²) < 4.78 is 3.55. The molecule has 0 bridgehead atoms. The minimum absolute atomic E-state index is 0.0244. The lowest BCUT2D eigenvalue weighted by Gasteiger charge is -2.17. The van der Waals surface area contributed by atoms with Gasteiger partial charge in [0, 0.05) is 36.6 Å². The molecule has 3 aromatic heterocycles. The molecule has 0 unspecified atom stereocenters. The molecule has 0 aromatic carbocycles. The van der Waals surface area contributed by atoms with Crippen LogP contribution >= 0.6 is 11.6 Å². The Morgan fingerprint density at radius 2 is 2.00 bits per heavy atom. The highest BCUT2D eigenvalue weighted by Gasteiger charge is 2.22. The molecule has 22 heavy (non-hydrogen) atoms. The number of pyridine rings is 1. The molecule has 3 rings (SSSR count). The fourth-order valence-corrected chi connectivity index (χ4v) is 3.10. The van der Waals surface area contributed by atoms with E-state index in [9.17, 15) is 5.11 Å². The normalized spacial score (nSPS) is 11.7. The van der Waals surface area contributed by atoms with Crippen LogP contribution in [-0.4, -0.2) is 29.4 Å². The fourth-order valence-electron chi connectivity index (χ4n) is 2.85. The maximum Gasteiger partial charge on any atom is 0.296 e. The van der Waals surface area contributed by atoms with Gasteiger partial charge in [0.1, 0.15) is 5.52 Å². The molecule has 0 aliphatic rings. The van der Waals surface area contributed by atoms with Gasteiger partial charge in [0.05, 0.1) is 11.2 Å². The highest BCUT2D eigenvalue weighted by Crippen LogP contribution is 2.38. The van der Waals surface area contributed by atoms with Gasteiger partial charge >= 0.3 is 0 Å². The van der Waals surface area contributed by atoms with Gasteiger partial charge in [0.2, 0.25) is 0 Å². The topological polar surface area (TPSA) is 68.8 Å². The van der Waals surface area contributed by atoms with Crippen molar-refractivity contribution in [3.8, 4) is 17.1 Å². The minimum atomic E-state index is -0.0244. The van der Waals surface area contributed by atoms with Crippen molar-refractivity contribution < 1.29 is 5.11 Å². The van der Waals surface area contributed by atoms with Crippen LogP contribution in [0.3, 0.4) is 0 Å². The van der Waals surface area contributed by atoms with Crippen LogP contribution in [0.5, 0.6) is 6.01 Å². The van der Waals surface area contributed by atoms with Crippen LogP contribution in [0.1, 0.15) is 32.7 Å². The Balaban J connectivity index is 2.37. The number of aromatic nitrogens is 5. The molecule has 0 saturated carbocycles. The van der Waals surface area contributed by atoms with E-state index in [2.05, 4.69) is 28.9 Å². The van der Waals surface area contributed by atoms with Crippen molar-refractivity contribution in [3.63, 3.8) is 0 Å². The van der Waals surface area contributed by atoms with Gasteiger partial charge < -0.3 is 5.11 Å². The summed E-state index contributed by atoms with van der Waals surface area (Å²) in [5.74, 6) is 0. The van der Waals surface area contributed by atoms with Crippen molar-refractivity contribution in [3.05, 3.63) is 23.6 Å². The molecule has 0 aliphatic carbocycles. The molecule has 7 heteroatoms. The van der Waals surface area contributed by atoms with E-state index in [0.29, 0.717) is 10.7 Å². The Hall–Kier alpha value is -2.08. The summed E-state index contributed by atoms with van der Waals surface area (Å²) in [5.41, 5.74) is 2.94. The zero-order valence-electron chi connectivity index (χ0n) is 12.8. The summed E-state index contributed by atoms with van der Waals surface area (Å²) in [6.07, 6.45) is 6.98. The van der Waals surface area contributed by atoms with Gasteiger partial charge in [-0.3, -0.25) is 9.25 Å². The molecule has 0 radical (unpaired) electrons. The molecule has 1 N–H and O–H groups in total. The number of aromatic hydroxyl groups is 1. The molecule has 3 aromatic rings. The van der Waals surface area contributed by atoms with Crippen molar-refractivity contribution in [1.82, 2.24) is 24.3 Å². The summed E-state index contributed by atoms with van der Waals surface area (Å²) in [4.78, 5) is 8.44. The van der Waals surface area contributed by atoms with E-state index >= 15 is 0 Å². The Labute approximate surface area is 133 Å². The average molecular weight is 320 g/mol. The predicted molar refractivity (Wildman–Crippen MR) is 86.0 cm³/mol. The minimum Gasteiger partial charge on any atom is -0.480 e. The number of nitrogens with zero attached hydrogens (tertiary/aromatic N) is 5. The highest BCUT2D eigenvalue weighted by molar-refractivity contribution is 6.34. The first kappa shape index (κ1) is 14.8. The quantitative estimate of drug-likeness (QED) is 0.798. The van der Waals surface area contributed by atoms with Gasteiger partial charge in [-0.15, -0.1) is 0 Å². The Morgan fingerprint density at radius 3 is 2.59 bits per heavy atom. The van der Waals surface area contributed by atoms with Crippen molar-refractivity contribution in [2.24, 2.45) is 7.05 Å². The first-order valence-corrected chi connectivity index (χ1v) is 7.69. The second-order valence-electron chi connectivity index (χ2n) is 5.31. The van der Waals surface area contributed by atoms with E-state index in [1.54, 1.807) is 17.1 Å². The van der Waals surface area contributed by atoms with Crippen LogP contribution in [0.25, 0.3) is 22.3 Å². The van der Waals surface area contributed by atoms with E-state index < -0.39 is 0 Å². The Bertz CT molecular complexity index is 819. The number of hydrogen-bond donors (Lipinski definition) is 1. The summed E-state index contributed by atoms with van der Waals surface area (Å²) >= 11 is 6.40. The summed E-state index contributed by atoms with van der Waals surface area (Å²) in [5, 5.41) is 15.0. The molecule has 0 fully saturated rings. The Morgan fingerprint density at radius 1 is 1.27 bits per heavy atom. The maximum atomic E-state index is 10.3. The molecule has 0 atom stereocenters. The van der Waals surface area contributed by atoms with Crippen molar-refractivity contribution >= 4 is 22.8 Å². The first-order valence-electron chi connectivity index (χ1n) is 7.31. The van der Waals surface area contributed by atoms with Crippen LogP contribution in [0.2, 0.25) is 5.02 Å². The van der Waals surface area contributed by atoms with Crippen LogP contribution < -0.4 is 0 Å². The number of aryl methyl sites for hydroxylation is 1. The zero-order valence-corrected chi connectivity index (χ0v) is 13.5. The van der Waals surface area contributed by atoms with Gasteiger partial charge in [-0.1, -0.05) is 25.4 Å². The molecule has 0 spiro atoms. The number of halogens is 1.